The molecule has 6 aromatic rings. The minimum atomic E-state index is 0.485. The SMILES string of the molecule is Clc1c(Cl)[n+](Cc2ccc3cc4ccccc4cc3c2)cn1Cc1cnc2ccccc2n1. The van der Waals surface area contributed by atoms with Crippen LogP contribution in [0.15, 0.2) is 91.4 Å². The van der Waals surface area contributed by atoms with E-state index >= 15 is 0 Å². The van der Waals surface area contributed by atoms with Crippen LogP contribution in [0, 0.1) is 0 Å². The molecule has 0 fully saturated rings. The summed E-state index contributed by atoms with van der Waals surface area (Å²) in [4.78, 5) is 9.20. The van der Waals surface area contributed by atoms with Gasteiger partial charge in [-0.15, -0.1) is 0 Å². The molecule has 0 aliphatic carbocycles. The van der Waals surface area contributed by atoms with E-state index in [4.69, 9.17) is 28.2 Å². The first-order valence-corrected chi connectivity index (χ1v) is 11.5. The fourth-order valence-electron chi connectivity index (χ4n) is 4.26. The lowest BCUT2D eigenvalue weighted by molar-refractivity contribution is -0.685. The van der Waals surface area contributed by atoms with Crippen molar-refractivity contribution in [2.24, 2.45) is 0 Å². The van der Waals surface area contributed by atoms with E-state index < -0.39 is 0 Å². The van der Waals surface area contributed by atoms with Crippen molar-refractivity contribution in [1.82, 2.24) is 14.5 Å². The maximum Gasteiger partial charge on any atom is 0.255 e. The van der Waals surface area contributed by atoms with E-state index in [0.29, 0.717) is 23.4 Å². The number of aromatic nitrogens is 4. The van der Waals surface area contributed by atoms with Crippen LogP contribution >= 0.6 is 23.2 Å². The number of halogens is 2. The highest BCUT2D eigenvalue weighted by Gasteiger charge is 2.21. The van der Waals surface area contributed by atoms with Crippen LogP contribution in [0.4, 0.5) is 0 Å². The summed E-state index contributed by atoms with van der Waals surface area (Å²) in [6.07, 6.45) is 3.72. The molecule has 0 aliphatic rings. The van der Waals surface area contributed by atoms with E-state index in [1.165, 1.54) is 21.5 Å². The van der Waals surface area contributed by atoms with Crippen LogP contribution in [0.2, 0.25) is 10.3 Å². The molecule has 33 heavy (non-hydrogen) atoms. The normalized spacial score (nSPS) is 11.6. The molecule has 0 amide bonds. The van der Waals surface area contributed by atoms with Gasteiger partial charge in [0.05, 0.1) is 17.2 Å². The van der Waals surface area contributed by atoms with Gasteiger partial charge in [-0.2, -0.15) is 0 Å². The lowest BCUT2D eigenvalue weighted by atomic mass is 10.0. The van der Waals surface area contributed by atoms with Crippen molar-refractivity contribution in [2.75, 3.05) is 0 Å². The molecule has 0 saturated heterocycles. The van der Waals surface area contributed by atoms with E-state index in [1.54, 1.807) is 6.20 Å². The summed E-state index contributed by atoms with van der Waals surface area (Å²) in [7, 11) is 0. The van der Waals surface area contributed by atoms with E-state index in [-0.39, 0.29) is 0 Å². The standard InChI is InChI=1S/C27H19Cl2N4/c28-26-27(29)33(16-23-14-30-24-7-3-4-8-25(24)31-23)17-32(26)15-18-9-10-21-12-19-5-1-2-6-20(19)13-22(21)11-18/h1-14,17H,15-16H2/q+1. The third kappa shape index (κ3) is 3.82. The molecule has 6 rings (SSSR count). The van der Waals surface area contributed by atoms with Crippen LogP contribution in [0.25, 0.3) is 32.6 Å². The van der Waals surface area contributed by atoms with Crippen LogP contribution in [-0.4, -0.2) is 14.5 Å². The van der Waals surface area contributed by atoms with Crippen molar-refractivity contribution in [3.05, 3.63) is 113 Å². The number of imidazole rings is 1. The number of fused-ring (bicyclic) bond motifs is 3. The third-order valence-electron chi connectivity index (χ3n) is 5.91. The number of hydrogen-bond acceptors (Lipinski definition) is 2. The first kappa shape index (κ1) is 20.2. The van der Waals surface area contributed by atoms with E-state index in [0.717, 1.165) is 22.3 Å². The monoisotopic (exact) mass is 469 g/mol. The molecule has 0 atom stereocenters. The number of benzene rings is 4. The lowest BCUT2D eigenvalue weighted by Gasteiger charge is -2.05. The van der Waals surface area contributed by atoms with Gasteiger partial charge in [-0.3, -0.25) is 4.98 Å². The van der Waals surface area contributed by atoms with E-state index in [2.05, 4.69) is 59.6 Å². The van der Waals surface area contributed by atoms with Gasteiger partial charge < -0.3 is 0 Å². The third-order valence-corrected chi connectivity index (χ3v) is 6.80. The zero-order chi connectivity index (χ0) is 22.4. The smallest absolute Gasteiger partial charge is 0.253 e. The highest BCUT2D eigenvalue weighted by molar-refractivity contribution is 6.39. The maximum absolute atomic E-state index is 6.60. The van der Waals surface area contributed by atoms with E-state index in [9.17, 15) is 0 Å². The molecular formula is C27H19Cl2N4+. The summed E-state index contributed by atoms with van der Waals surface area (Å²) in [6, 6.07) is 27.2. The molecule has 4 nitrogen and oxygen atoms in total. The Kier molecular flexibility index (Phi) is 4.97. The average Bonchev–Trinajstić information content (AvgIpc) is 3.10. The Balaban J connectivity index is 1.30. The predicted molar refractivity (Wildman–Crippen MR) is 134 cm³/mol. The molecule has 2 aromatic heterocycles. The Labute approximate surface area is 200 Å². The van der Waals surface area contributed by atoms with Crippen LogP contribution in [-0.2, 0) is 13.1 Å². The number of nitrogens with zero attached hydrogens (tertiary/aromatic N) is 4. The fourth-order valence-corrected chi connectivity index (χ4v) is 4.68. The van der Waals surface area contributed by atoms with Crippen LogP contribution in [0.1, 0.15) is 11.3 Å². The van der Waals surface area contributed by atoms with Gasteiger partial charge in [-0.1, -0.05) is 48.5 Å². The summed E-state index contributed by atoms with van der Waals surface area (Å²) in [6.45, 7) is 1.12. The maximum atomic E-state index is 6.60. The average molecular weight is 470 g/mol. The number of para-hydroxylation sites is 2. The second-order valence-corrected chi connectivity index (χ2v) is 8.90. The largest absolute Gasteiger partial charge is 0.255 e. The van der Waals surface area contributed by atoms with Gasteiger partial charge in [-0.05, 0) is 80.6 Å². The summed E-state index contributed by atoms with van der Waals surface area (Å²) >= 11 is 13.2. The van der Waals surface area contributed by atoms with Crippen LogP contribution < -0.4 is 4.57 Å². The lowest BCUT2D eigenvalue weighted by Crippen LogP contribution is -2.33. The number of rotatable bonds is 4. The molecular weight excluding hydrogens is 451 g/mol. The topological polar surface area (TPSA) is 34.6 Å². The van der Waals surface area contributed by atoms with Crippen molar-refractivity contribution in [3.8, 4) is 0 Å². The zero-order valence-corrected chi connectivity index (χ0v) is 19.1. The first-order valence-electron chi connectivity index (χ1n) is 10.7. The van der Waals surface area contributed by atoms with Crippen molar-refractivity contribution in [1.29, 1.82) is 0 Å². The van der Waals surface area contributed by atoms with Gasteiger partial charge in [0.2, 0.25) is 6.33 Å². The molecule has 160 valence electrons. The second-order valence-electron chi connectivity index (χ2n) is 8.18. The van der Waals surface area contributed by atoms with Crippen molar-refractivity contribution in [3.63, 3.8) is 0 Å². The van der Waals surface area contributed by atoms with Crippen molar-refractivity contribution < 1.29 is 4.57 Å². The predicted octanol–water partition coefficient (Wildman–Crippen LogP) is 6.43. The van der Waals surface area contributed by atoms with E-state index in [1.807, 2.05) is 39.7 Å². The van der Waals surface area contributed by atoms with Gasteiger partial charge in [0.15, 0.2) is 0 Å². The highest BCUT2D eigenvalue weighted by atomic mass is 35.5. The zero-order valence-electron chi connectivity index (χ0n) is 17.6. The molecule has 0 saturated carbocycles. The fraction of sp³-hybridized carbons (Fsp3) is 0.0741. The minimum absolute atomic E-state index is 0.485. The van der Waals surface area contributed by atoms with Gasteiger partial charge >= 0.3 is 0 Å². The molecule has 0 N–H and O–H groups in total. The molecule has 0 aliphatic heterocycles. The molecule has 6 heteroatoms. The van der Waals surface area contributed by atoms with Gasteiger partial charge in [-0.25, -0.2) is 14.1 Å². The van der Waals surface area contributed by atoms with Gasteiger partial charge in [0.25, 0.3) is 10.3 Å². The van der Waals surface area contributed by atoms with Crippen LogP contribution in [0.5, 0.6) is 0 Å². The summed E-state index contributed by atoms with van der Waals surface area (Å²) < 4.78 is 3.86. The van der Waals surface area contributed by atoms with Crippen LogP contribution in [0.3, 0.4) is 0 Å². The highest BCUT2D eigenvalue weighted by Crippen LogP contribution is 2.25. The minimum Gasteiger partial charge on any atom is -0.253 e. The molecule has 0 bridgehead atoms. The Morgan fingerprint density at radius 1 is 0.758 bits per heavy atom. The Bertz CT molecular complexity index is 1660. The molecule has 2 heterocycles. The second kappa shape index (κ2) is 8.14. The van der Waals surface area contributed by atoms with Crippen molar-refractivity contribution >= 4 is 55.8 Å². The summed E-state index contributed by atoms with van der Waals surface area (Å²) in [5, 5.41) is 5.90. The number of hydrogen-bond donors (Lipinski definition) is 0. The Morgan fingerprint density at radius 2 is 1.45 bits per heavy atom. The molecule has 0 unspecified atom stereocenters. The summed E-state index contributed by atoms with van der Waals surface area (Å²) in [5.74, 6) is 0. The Hall–Kier alpha value is -3.47. The van der Waals surface area contributed by atoms with Crippen molar-refractivity contribution in [2.45, 2.75) is 13.1 Å². The van der Waals surface area contributed by atoms with Gasteiger partial charge in [0, 0.05) is 0 Å². The summed E-state index contributed by atoms with van der Waals surface area (Å²) in [5.41, 5.74) is 3.72. The van der Waals surface area contributed by atoms with Gasteiger partial charge in [0.1, 0.15) is 18.8 Å². The Morgan fingerprint density at radius 3 is 2.27 bits per heavy atom. The first-order chi connectivity index (χ1) is 16.1. The quantitative estimate of drug-likeness (QED) is 0.220. The molecule has 0 radical (unpaired) electrons. The molecule has 4 aromatic carbocycles. The molecule has 0 spiro atoms.